The highest BCUT2D eigenvalue weighted by molar-refractivity contribution is 7.13. The Labute approximate surface area is 115 Å². The Morgan fingerprint density at radius 2 is 2.37 bits per heavy atom. The van der Waals surface area contributed by atoms with Crippen molar-refractivity contribution in [1.29, 1.82) is 0 Å². The van der Waals surface area contributed by atoms with Crippen LogP contribution < -0.4 is 10.6 Å². The van der Waals surface area contributed by atoms with Gasteiger partial charge in [-0.2, -0.15) is 5.10 Å². The lowest BCUT2D eigenvalue weighted by atomic mass is 10.2. The van der Waals surface area contributed by atoms with Gasteiger partial charge in [0.1, 0.15) is 5.51 Å². The third kappa shape index (κ3) is 3.83. The fourth-order valence-corrected chi connectivity index (χ4v) is 2.03. The molecular formula is C11H16N6OS. The highest BCUT2D eigenvalue weighted by Gasteiger charge is 2.15. The first-order valence-corrected chi connectivity index (χ1v) is 6.83. The monoisotopic (exact) mass is 280 g/mol. The van der Waals surface area contributed by atoms with Gasteiger partial charge in [0.15, 0.2) is 0 Å². The lowest BCUT2D eigenvalue weighted by Crippen LogP contribution is -2.39. The van der Waals surface area contributed by atoms with Crippen molar-refractivity contribution >= 4 is 22.4 Å². The number of nitrogens with zero attached hydrogens (tertiary/aromatic N) is 4. The molecule has 8 heteroatoms. The van der Waals surface area contributed by atoms with Gasteiger partial charge in [0.2, 0.25) is 11.0 Å². The van der Waals surface area contributed by atoms with Gasteiger partial charge in [0.25, 0.3) is 0 Å². The standard InChI is InChI=1S/C11H16N6OS/c1-8(9(2)17-5-3-4-14-17)12-6-10(18)15-11-16-13-7-19-11/h3-5,7-9,12H,6H2,1-2H3,(H,15,16,18)/t8-,9+/m0/s1. The summed E-state index contributed by atoms with van der Waals surface area (Å²) < 4.78 is 1.86. The summed E-state index contributed by atoms with van der Waals surface area (Å²) in [5, 5.41) is 17.9. The maximum atomic E-state index is 11.7. The number of anilines is 1. The summed E-state index contributed by atoms with van der Waals surface area (Å²) in [4.78, 5) is 11.7. The summed E-state index contributed by atoms with van der Waals surface area (Å²) in [5.74, 6) is -0.128. The summed E-state index contributed by atoms with van der Waals surface area (Å²) in [5.41, 5.74) is 1.57. The van der Waals surface area contributed by atoms with Crippen LogP contribution in [0.4, 0.5) is 5.13 Å². The fourth-order valence-electron chi connectivity index (χ4n) is 1.57. The molecule has 0 bridgehead atoms. The van der Waals surface area contributed by atoms with E-state index >= 15 is 0 Å². The topological polar surface area (TPSA) is 84.7 Å². The zero-order valence-electron chi connectivity index (χ0n) is 10.8. The van der Waals surface area contributed by atoms with Crippen LogP contribution in [0.1, 0.15) is 19.9 Å². The Morgan fingerprint density at radius 3 is 3.00 bits per heavy atom. The number of aromatic nitrogens is 4. The van der Waals surface area contributed by atoms with Crippen LogP contribution in [0.2, 0.25) is 0 Å². The smallest absolute Gasteiger partial charge is 0.240 e. The zero-order chi connectivity index (χ0) is 13.7. The molecule has 0 fully saturated rings. The number of amides is 1. The third-order valence-electron chi connectivity index (χ3n) is 2.86. The van der Waals surface area contributed by atoms with E-state index in [-0.39, 0.29) is 24.5 Å². The van der Waals surface area contributed by atoms with Crippen LogP contribution in [-0.2, 0) is 4.79 Å². The predicted octanol–water partition coefficient (Wildman–Crippen LogP) is 0.912. The summed E-state index contributed by atoms with van der Waals surface area (Å²) in [7, 11) is 0. The van der Waals surface area contributed by atoms with E-state index in [0.29, 0.717) is 5.13 Å². The van der Waals surface area contributed by atoms with Crippen LogP contribution in [0.3, 0.4) is 0 Å². The molecule has 2 aromatic rings. The second kappa shape index (κ2) is 6.39. The number of rotatable bonds is 6. The van der Waals surface area contributed by atoms with Crippen LogP contribution in [0.15, 0.2) is 24.0 Å². The molecule has 2 rings (SSSR count). The van der Waals surface area contributed by atoms with Crippen molar-refractivity contribution in [3.63, 3.8) is 0 Å². The quantitative estimate of drug-likeness (QED) is 0.821. The Hall–Kier alpha value is -1.80. The van der Waals surface area contributed by atoms with Gasteiger partial charge in [-0.15, -0.1) is 10.2 Å². The van der Waals surface area contributed by atoms with Crippen molar-refractivity contribution in [2.75, 3.05) is 11.9 Å². The van der Waals surface area contributed by atoms with Gasteiger partial charge >= 0.3 is 0 Å². The number of carbonyl (C=O) groups excluding carboxylic acids is 1. The molecule has 19 heavy (non-hydrogen) atoms. The maximum Gasteiger partial charge on any atom is 0.240 e. The summed E-state index contributed by atoms with van der Waals surface area (Å²) in [6.45, 7) is 4.30. The normalized spacial score (nSPS) is 14.0. The largest absolute Gasteiger partial charge is 0.304 e. The van der Waals surface area contributed by atoms with Gasteiger partial charge in [0.05, 0.1) is 12.6 Å². The SMILES string of the molecule is C[C@H](NCC(=O)Nc1nncs1)[C@@H](C)n1cccn1. The Balaban J connectivity index is 1.77. The average molecular weight is 280 g/mol. The molecule has 2 N–H and O–H groups in total. The van der Waals surface area contributed by atoms with E-state index in [9.17, 15) is 4.79 Å². The van der Waals surface area contributed by atoms with E-state index in [0.717, 1.165) is 0 Å². The van der Waals surface area contributed by atoms with Gasteiger partial charge in [-0.1, -0.05) is 11.3 Å². The minimum Gasteiger partial charge on any atom is -0.304 e. The lowest BCUT2D eigenvalue weighted by Gasteiger charge is -2.21. The van der Waals surface area contributed by atoms with E-state index in [2.05, 4.69) is 25.9 Å². The molecule has 2 heterocycles. The second-order valence-electron chi connectivity index (χ2n) is 4.19. The van der Waals surface area contributed by atoms with E-state index < -0.39 is 0 Å². The average Bonchev–Trinajstić information content (AvgIpc) is 3.07. The second-order valence-corrected chi connectivity index (χ2v) is 5.02. The molecule has 102 valence electrons. The Kier molecular flexibility index (Phi) is 4.58. The minimum atomic E-state index is -0.128. The number of carbonyl (C=O) groups is 1. The lowest BCUT2D eigenvalue weighted by molar-refractivity contribution is -0.115. The Bertz CT molecular complexity index is 497. The highest BCUT2D eigenvalue weighted by Crippen LogP contribution is 2.09. The molecule has 1 amide bonds. The molecule has 0 radical (unpaired) electrons. The molecule has 0 aromatic carbocycles. The van der Waals surface area contributed by atoms with E-state index in [1.807, 2.05) is 30.8 Å². The summed E-state index contributed by atoms with van der Waals surface area (Å²) >= 11 is 1.29. The molecule has 0 aliphatic rings. The first-order chi connectivity index (χ1) is 9.16. The number of hydrogen-bond acceptors (Lipinski definition) is 6. The van der Waals surface area contributed by atoms with Crippen molar-refractivity contribution in [3.05, 3.63) is 24.0 Å². The minimum absolute atomic E-state index is 0.125. The van der Waals surface area contributed by atoms with Crippen LogP contribution in [0, 0.1) is 0 Å². The molecule has 0 unspecified atom stereocenters. The van der Waals surface area contributed by atoms with Crippen molar-refractivity contribution in [2.45, 2.75) is 25.9 Å². The summed E-state index contributed by atoms with van der Waals surface area (Å²) in [6.07, 6.45) is 3.65. The van der Waals surface area contributed by atoms with Crippen molar-refractivity contribution in [2.24, 2.45) is 0 Å². The van der Waals surface area contributed by atoms with Gasteiger partial charge in [-0.25, -0.2) is 0 Å². The molecule has 0 spiro atoms. The van der Waals surface area contributed by atoms with Crippen LogP contribution in [-0.4, -0.2) is 38.5 Å². The third-order valence-corrected chi connectivity index (χ3v) is 3.46. The summed E-state index contributed by atoms with van der Waals surface area (Å²) in [6, 6.07) is 2.18. The van der Waals surface area contributed by atoms with E-state index in [1.165, 1.54) is 11.3 Å². The van der Waals surface area contributed by atoms with Gasteiger partial charge in [-0.3, -0.25) is 14.8 Å². The predicted molar refractivity (Wildman–Crippen MR) is 72.9 cm³/mol. The van der Waals surface area contributed by atoms with Gasteiger partial charge in [-0.05, 0) is 19.9 Å². The molecule has 0 aliphatic carbocycles. The molecule has 7 nitrogen and oxygen atoms in total. The van der Waals surface area contributed by atoms with Crippen molar-refractivity contribution in [1.82, 2.24) is 25.3 Å². The number of nitrogens with one attached hydrogen (secondary N) is 2. The van der Waals surface area contributed by atoms with E-state index in [4.69, 9.17) is 0 Å². The Morgan fingerprint density at radius 1 is 1.53 bits per heavy atom. The molecule has 0 aliphatic heterocycles. The highest BCUT2D eigenvalue weighted by atomic mass is 32.1. The van der Waals surface area contributed by atoms with Crippen LogP contribution >= 0.6 is 11.3 Å². The van der Waals surface area contributed by atoms with Crippen molar-refractivity contribution < 1.29 is 4.79 Å². The number of hydrogen-bond donors (Lipinski definition) is 2. The molecule has 0 saturated heterocycles. The molecule has 2 atom stereocenters. The van der Waals surface area contributed by atoms with Gasteiger partial charge < -0.3 is 5.32 Å². The maximum absolute atomic E-state index is 11.7. The molecule has 0 saturated carbocycles. The molecule has 2 aromatic heterocycles. The molecular weight excluding hydrogens is 264 g/mol. The fraction of sp³-hybridized carbons (Fsp3) is 0.455. The van der Waals surface area contributed by atoms with Crippen LogP contribution in [0.25, 0.3) is 0 Å². The van der Waals surface area contributed by atoms with Crippen molar-refractivity contribution in [3.8, 4) is 0 Å². The van der Waals surface area contributed by atoms with E-state index in [1.54, 1.807) is 11.7 Å². The first-order valence-electron chi connectivity index (χ1n) is 5.95. The first kappa shape index (κ1) is 13.6. The van der Waals surface area contributed by atoms with Gasteiger partial charge in [0, 0.05) is 18.4 Å². The van der Waals surface area contributed by atoms with Crippen LogP contribution in [0.5, 0.6) is 0 Å². The zero-order valence-corrected chi connectivity index (χ0v) is 11.6.